The highest BCUT2D eigenvalue weighted by molar-refractivity contribution is 9.10. The van der Waals surface area contributed by atoms with Crippen molar-refractivity contribution in [3.8, 4) is 5.75 Å². The highest BCUT2D eigenvalue weighted by Crippen LogP contribution is 2.32. The average molecular weight is 648 g/mol. The standard InChI is InChI=1S/C32H37BrCl2N2O3/c1-21(2)18-36-31(39)28(15-22-9-7-6-8-10-22)37(19-23-11-13-25(34)17-27(23)35)30(38)20-40-29-14-12-24(16-26(29)33)32(3,4)5/h6-14,16-17,21,28H,15,18-20H2,1-5H3,(H,36,39)/t28-/m0/s1. The normalized spacial score (nSPS) is 12.2. The Hall–Kier alpha value is -2.54. The molecule has 0 radical (unpaired) electrons. The molecule has 0 aromatic heterocycles. The Balaban J connectivity index is 1.93. The Bertz CT molecular complexity index is 1310. The summed E-state index contributed by atoms with van der Waals surface area (Å²) in [6, 6.07) is 19.9. The van der Waals surface area contributed by atoms with Gasteiger partial charge in [-0.05, 0) is 68.2 Å². The van der Waals surface area contributed by atoms with E-state index in [1.54, 1.807) is 23.1 Å². The molecule has 1 atom stereocenters. The number of amides is 2. The summed E-state index contributed by atoms with van der Waals surface area (Å²) in [5.74, 6) is 0.243. The van der Waals surface area contributed by atoms with Crippen molar-refractivity contribution in [3.63, 3.8) is 0 Å². The fourth-order valence-electron chi connectivity index (χ4n) is 4.12. The first-order valence-corrected chi connectivity index (χ1v) is 14.9. The van der Waals surface area contributed by atoms with Crippen molar-refractivity contribution in [2.45, 2.75) is 59.0 Å². The van der Waals surface area contributed by atoms with Crippen LogP contribution in [0.2, 0.25) is 10.0 Å². The average Bonchev–Trinajstić information content (AvgIpc) is 2.89. The number of halogens is 3. The molecule has 3 aromatic carbocycles. The van der Waals surface area contributed by atoms with Gasteiger partial charge in [0.2, 0.25) is 5.91 Å². The molecule has 0 saturated heterocycles. The molecule has 3 rings (SSSR count). The van der Waals surface area contributed by atoms with Gasteiger partial charge in [0.15, 0.2) is 6.61 Å². The molecular weight excluding hydrogens is 611 g/mol. The van der Waals surface area contributed by atoms with Crippen molar-refractivity contribution in [1.29, 1.82) is 0 Å². The van der Waals surface area contributed by atoms with E-state index in [2.05, 4.69) is 42.0 Å². The number of rotatable bonds is 11. The third kappa shape index (κ3) is 9.25. The van der Waals surface area contributed by atoms with Crippen molar-refractivity contribution in [3.05, 3.63) is 97.9 Å². The van der Waals surface area contributed by atoms with Gasteiger partial charge in [0.05, 0.1) is 4.47 Å². The molecule has 214 valence electrons. The number of carbonyl (C=O) groups excluding carboxylic acids is 2. The molecule has 2 amide bonds. The van der Waals surface area contributed by atoms with Gasteiger partial charge in [-0.2, -0.15) is 0 Å². The summed E-state index contributed by atoms with van der Waals surface area (Å²) in [7, 11) is 0. The van der Waals surface area contributed by atoms with Crippen molar-refractivity contribution in [2.75, 3.05) is 13.2 Å². The number of benzene rings is 3. The summed E-state index contributed by atoms with van der Waals surface area (Å²) in [6.07, 6.45) is 0.339. The summed E-state index contributed by atoms with van der Waals surface area (Å²) in [5, 5.41) is 3.93. The van der Waals surface area contributed by atoms with Crippen LogP contribution in [-0.2, 0) is 28.0 Å². The van der Waals surface area contributed by atoms with Crippen LogP contribution in [0.25, 0.3) is 0 Å². The van der Waals surface area contributed by atoms with Crippen LogP contribution in [0.15, 0.2) is 71.2 Å². The molecular formula is C32H37BrCl2N2O3. The molecule has 0 spiro atoms. The molecule has 0 bridgehead atoms. The lowest BCUT2D eigenvalue weighted by molar-refractivity contribution is -0.142. The SMILES string of the molecule is CC(C)CNC(=O)[C@H](Cc1ccccc1)N(Cc1ccc(Cl)cc1Cl)C(=O)COc1ccc(C(C)(C)C)cc1Br. The lowest BCUT2D eigenvalue weighted by atomic mass is 9.87. The molecule has 0 heterocycles. The van der Waals surface area contributed by atoms with Gasteiger partial charge < -0.3 is 15.0 Å². The smallest absolute Gasteiger partial charge is 0.261 e. The molecule has 0 unspecified atom stereocenters. The maximum Gasteiger partial charge on any atom is 0.261 e. The predicted octanol–water partition coefficient (Wildman–Crippen LogP) is 7.84. The summed E-state index contributed by atoms with van der Waals surface area (Å²) in [5.41, 5.74) is 2.74. The summed E-state index contributed by atoms with van der Waals surface area (Å²) in [4.78, 5) is 29.0. The minimum absolute atomic E-state index is 0.0282. The maximum absolute atomic E-state index is 13.8. The van der Waals surface area contributed by atoms with Gasteiger partial charge in [0, 0.05) is 29.6 Å². The Morgan fingerprint density at radius 2 is 1.70 bits per heavy atom. The first kappa shape index (κ1) is 32.0. The first-order valence-electron chi connectivity index (χ1n) is 13.3. The van der Waals surface area contributed by atoms with E-state index < -0.39 is 6.04 Å². The quantitative estimate of drug-likeness (QED) is 0.231. The fraction of sp³-hybridized carbons (Fsp3) is 0.375. The van der Waals surface area contributed by atoms with Gasteiger partial charge in [-0.15, -0.1) is 0 Å². The second-order valence-corrected chi connectivity index (χ2v) is 13.0. The molecule has 0 aliphatic rings. The van der Waals surface area contributed by atoms with Crippen molar-refractivity contribution in [2.24, 2.45) is 5.92 Å². The minimum atomic E-state index is -0.782. The van der Waals surface area contributed by atoms with E-state index in [-0.39, 0.29) is 36.3 Å². The van der Waals surface area contributed by atoms with Crippen LogP contribution >= 0.6 is 39.1 Å². The largest absolute Gasteiger partial charge is 0.483 e. The number of carbonyl (C=O) groups is 2. The van der Waals surface area contributed by atoms with Gasteiger partial charge in [-0.3, -0.25) is 9.59 Å². The lowest BCUT2D eigenvalue weighted by Crippen LogP contribution is -2.52. The van der Waals surface area contributed by atoms with Crippen LogP contribution in [0, 0.1) is 5.92 Å². The second kappa shape index (κ2) is 14.4. The molecule has 0 aliphatic heterocycles. The molecule has 3 aromatic rings. The predicted molar refractivity (Wildman–Crippen MR) is 167 cm³/mol. The Kier molecular flexibility index (Phi) is 11.5. The third-order valence-electron chi connectivity index (χ3n) is 6.46. The summed E-state index contributed by atoms with van der Waals surface area (Å²) < 4.78 is 6.75. The molecule has 1 N–H and O–H groups in total. The van der Waals surface area contributed by atoms with E-state index in [1.807, 2.05) is 62.4 Å². The highest BCUT2D eigenvalue weighted by Gasteiger charge is 2.31. The first-order chi connectivity index (χ1) is 18.8. The number of nitrogens with one attached hydrogen (secondary N) is 1. The number of hydrogen-bond acceptors (Lipinski definition) is 3. The fourth-order valence-corrected chi connectivity index (χ4v) is 5.08. The summed E-state index contributed by atoms with van der Waals surface area (Å²) >= 11 is 16.2. The topological polar surface area (TPSA) is 58.6 Å². The number of ether oxygens (including phenoxy) is 1. The second-order valence-electron chi connectivity index (χ2n) is 11.3. The Morgan fingerprint density at radius 1 is 1.00 bits per heavy atom. The van der Waals surface area contributed by atoms with Crippen LogP contribution in [0.3, 0.4) is 0 Å². The van der Waals surface area contributed by atoms with Crippen molar-refractivity contribution in [1.82, 2.24) is 10.2 Å². The van der Waals surface area contributed by atoms with E-state index in [0.717, 1.165) is 15.6 Å². The van der Waals surface area contributed by atoms with Gasteiger partial charge in [0.1, 0.15) is 11.8 Å². The number of hydrogen-bond donors (Lipinski definition) is 1. The van der Waals surface area contributed by atoms with E-state index >= 15 is 0 Å². The van der Waals surface area contributed by atoms with Gasteiger partial charge in [-0.25, -0.2) is 0 Å². The van der Waals surface area contributed by atoms with E-state index in [9.17, 15) is 9.59 Å². The van der Waals surface area contributed by atoms with Crippen LogP contribution < -0.4 is 10.1 Å². The Labute approximate surface area is 256 Å². The van der Waals surface area contributed by atoms with Crippen LogP contribution in [0.4, 0.5) is 0 Å². The molecule has 5 nitrogen and oxygen atoms in total. The monoisotopic (exact) mass is 646 g/mol. The van der Waals surface area contributed by atoms with Gasteiger partial charge >= 0.3 is 0 Å². The lowest BCUT2D eigenvalue weighted by Gasteiger charge is -2.32. The zero-order valence-electron chi connectivity index (χ0n) is 23.6. The van der Waals surface area contributed by atoms with Gasteiger partial charge in [0.25, 0.3) is 5.91 Å². The van der Waals surface area contributed by atoms with Crippen molar-refractivity contribution >= 4 is 50.9 Å². The molecule has 0 aliphatic carbocycles. The van der Waals surface area contributed by atoms with Crippen LogP contribution in [0.5, 0.6) is 5.75 Å². The van der Waals surface area contributed by atoms with Crippen LogP contribution in [-0.4, -0.2) is 35.9 Å². The number of nitrogens with zero attached hydrogens (tertiary/aromatic N) is 1. The van der Waals surface area contributed by atoms with E-state index in [0.29, 0.717) is 34.3 Å². The Morgan fingerprint density at radius 3 is 2.30 bits per heavy atom. The van der Waals surface area contributed by atoms with Crippen LogP contribution in [0.1, 0.15) is 51.3 Å². The summed E-state index contributed by atoms with van der Waals surface area (Å²) in [6.45, 7) is 10.8. The molecule has 0 saturated carbocycles. The zero-order valence-corrected chi connectivity index (χ0v) is 26.7. The van der Waals surface area contributed by atoms with E-state index in [1.165, 1.54) is 0 Å². The minimum Gasteiger partial charge on any atom is -0.483 e. The third-order valence-corrected chi connectivity index (χ3v) is 7.67. The molecule has 8 heteroatoms. The van der Waals surface area contributed by atoms with E-state index in [4.69, 9.17) is 27.9 Å². The van der Waals surface area contributed by atoms with Crippen molar-refractivity contribution < 1.29 is 14.3 Å². The maximum atomic E-state index is 13.8. The zero-order chi connectivity index (χ0) is 29.4. The molecule has 40 heavy (non-hydrogen) atoms. The van der Waals surface area contributed by atoms with Gasteiger partial charge in [-0.1, -0.05) is 100 Å². The molecule has 0 fully saturated rings. The highest BCUT2D eigenvalue weighted by atomic mass is 79.9.